The van der Waals surface area contributed by atoms with E-state index >= 15 is 0 Å². The number of ether oxygens (including phenoxy) is 1. The molecule has 7 heteroatoms. The third-order valence-electron chi connectivity index (χ3n) is 6.20. The van der Waals surface area contributed by atoms with Gasteiger partial charge in [-0.05, 0) is 48.7 Å². The number of nitrogens with zero attached hydrogens (tertiary/aromatic N) is 1. The summed E-state index contributed by atoms with van der Waals surface area (Å²) in [7, 11) is 1.56. The van der Waals surface area contributed by atoms with E-state index in [-0.39, 0.29) is 12.3 Å². The molecule has 0 bridgehead atoms. The van der Waals surface area contributed by atoms with Crippen molar-refractivity contribution in [3.63, 3.8) is 0 Å². The molecular formula is C28H25N3O4. The Morgan fingerprint density at radius 2 is 1.89 bits per heavy atom. The van der Waals surface area contributed by atoms with Crippen molar-refractivity contribution in [3.8, 4) is 17.1 Å². The number of hydrogen-bond acceptors (Lipinski definition) is 5. The maximum Gasteiger partial charge on any atom is 0.339 e. The van der Waals surface area contributed by atoms with E-state index < -0.39 is 5.63 Å². The van der Waals surface area contributed by atoms with Crippen LogP contribution in [-0.4, -0.2) is 23.0 Å². The minimum Gasteiger partial charge on any atom is -0.497 e. The predicted octanol–water partition coefficient (Wildman–Crippen LogP) is 4.90. The number of aryl methyl sites for hydroxylation is 1. The molecule has 0 radical (unpaired) electrons. The number of aromatic nitrogens is 2. The summed E-state index contributed by atoms with van der Waals surface area (Å²) < 4.78 is 10.7. The van der Waals surface area contributed by atoms with Gasteiger partial charge < -0.3 is 19.5 Å². The molecular weight excluding hydrogens is 442 g/mol. The van der Waals surface area contributed by atoms with Gasteiger partial charge in [0.15, 0.2) is 0 Å². The quantitative estimate of drug-likeness (QED) is 0.332. The Morgan fingerprint density at radius 1 is 1.09 bits per heavy atom. The van der Waals surface area contributed by atoms with Crippen molar-refractivity contribution < 1.29 is 13.9 Å². The van der Waals surface area contributed by atoms with Gasteiger partial charge in [-0.15, -0.1) is 0 Å². The first kappa shape index (κ1) is 22.4. The van der Waals surface area contributed by atoms with E-state index in [2.05, 4.69) is 15.3 Å². The van der Waals surface area contributed by atoms with Gasteiger partial charge in [-0.3, -0.25) is 4.79 Å². The summed E-state index contributed by atoms with van der Waals surface area (Å²) in [6.45, 7) is 2.28. The Hall–Kier alpha value is -4.39. The SMILES string of the molecule is COc1ccc2c(C)c(CCC(=O)NCc3ccc(-c4nc5ccccc5[nH]4)cc3)c(=O)oc2c1. The van der Waals surface area contributed by atoms with E-state index in [4.69, 9.17) is 9.15 Å². The summed E-state index contributed by atoms with van der Waals surface area (Å²) in [5.74, 6) is 1.31. The second-order valence-electron chi connectivity index (χ2n) is 8.43. The number of hydrogen-bond donors (Lipinski definition) is 2. The van der Waals surface area contributed by atoms with Gasteiger partial charge in [-0.1, -0.05) is 36.4 Å². The average Bonchev–Trinajstić information content (AvgIpc) is 3.31. The van der Waals surface area contributed by atoms with Gasteiger partial charge in [-0.25, -0.2) is 9.78 Å². The lowest BCUT2D eigenvalue weighted by molar-refractivity contribution is -0.121. The number of para-hydroxylation sites is 2. The fourth-order valence-corrected chi connectivity index (χ4v) is 4.19. The smallest absolute Gasteiger partial charge is 0.339 e. The number of rotatable bonds is 7. The molecule has 176 valence electrons. The zero-order chi connectivity index (χ0) is 24.4. The van der Waals surface area contributed by atoms with Crippen LogP contribution in [0.3, 0.4) is 0 Å². The largest absolute Gasteiger partial charge is 0.497 e. The van der Waals surface area contributed by atoms with Crippen molar-refractivity contribution >= 4 is 27.9 Å². The van der Waals surface area contributed by atoms with Crippen molar-refractivity contribution in [2.75, 3.05) is 7.11 Å². The Morgan fingerprint density at radius 3 is 2.66 bits per heavy atom. The van der Waals surface area contributed by atoms with E-state index in [1.165, 1.54) is 0 Å². The second-order valence-corrected chi connectivity index (χ2v) is 8.43. The van der Waals surface area contributed by atoms with E-state index in [0.717, 1.165) is 38.9 Å². The van der Waals surface area contributed by atoms with Crippen LogP contribution in [0.15, 0.2) is 75.9 Å². The number of methoxy groups -OCH3 is 1. The van der Waals surface area contributed by atoms with Crippen molar-refractivity contribution in [3.05, 3.63) is 93.8 Å². The minimum absolute atomic E-state index is 0.125. The van der Waals surface area contributed by atoms with Crippen molar-refractivity contribution in [1.29, 1.82) is 0 Å². The molecule has 0 aliphatic carbocycles. The molecule has 0 aliphatic rings. The number of amides is 1. The zero-order valence-corrected chi connectivity index (χ0v) is 19.6. The number of fused-ring (bicyclic) bond motifs is 2. The third kappa shape index (κ3) is 4.66. The number of carbonyl (C=O) groups is 1. The van der Waals surface area contributed by atoms with Crippen molar-refractivity contribution in [2.45, 2.75) is 26.3 Å². The Kier molecular flexibility index (Phi) is 6.06. The molecule has 7 nitrogen and oxygen atoms in total. The minimum atomic E-state index is -0.419. The second kappa shape index (κ2) is 9.46. The molecule has 5 rings (SSSR count). The van der Waals surface area contributed by atoms with Gasteiger partial charge in [0.05, 0.1) is 18.1 Å². The Balaban J connectivity index is 1.20. The average molecular weight is 468 g/mol. The number of carbonyl (C=O) groups excluding carboxylic acids is 1. The molecule has 0 spiro atoms. The molecule has 2 heterocycles. The summed E-state index contributed by atoms with van der Waals surface area (Å²) in [6, 6.07) is 21.2. The topological polar surface area (TPSA) is 97.2 Å². The summed E-state index contributed by atoms with van der Waals surface area (Å²) >= 11 is 0. The van der Waals surface area contributed by atoms with Crippen LogP contribution in [0.4, 0.5) is 0 Å². The zero-order valence-electron chi connectivity index (χ0n) is 19.6. The van der Waals surface area contributed by atoms with Gasteiger partial charge in [0.2, 0.25) is 5.91 Å². The molecule has 35 heavy (non-hydrogen) atoms. The molecule has 0 atom stereocenters. The maximum absolute atomic E-state index is 12.5. The predicted molar refractivity (Wildman–Crippen MR) is 135 cm³/mol. The van der Waals surface area contributed by atoms with Crippen LogP contribution in [0.25, 0.3) is 33.4 Å². The van der Waals surface area contributed by atoms with Crippen LogP contribution in [0.1, 0.15) is 23.1 Å². The summed E-state index contributed by atoms with van der Waals surface area (Å²) in [6.07, 6.45) is 0.511. The number of nitrogens with one attached hydrogen (secondary N) is 2. The highest BCUT2D eigenvalue weighted by Gasteiger charge is 2.14. The highest BCUT2D eigenvalue weighted by molar-refractivity contribution is 5.83. The normalized spacial score (nSPS) is 11.1. The van der Waals surface area contributed by atoms with Gasteiger partial charge in [-0.2, -0.15) is 0 Å². The first-order chi connectivity index (χ1) is 17.0. The fourth-order valence-electron chi connectivity index (χ4n) is 4.19. The lowest BCUT2D eigenvalue weighted by atomic mass is 10.0. The molecule has 3 aromatic carbocycles. The molecule has 5 aromatic rings. The van der Waals surface area contributed by atoms with Gasteiger partial charge in [0, 0.05) is 35.5 Å². The molecule has 0 aliphatic heterocycles. The van der Waals surface area contributed by atoms with Crippen LogP contribution in [0, 0.1) is 6.92 Å². The number of aromatic amines is 1. The Bertz CT molecular complexity index is 1550. The first-order valence-electron chi connectivity index (χ1n) is 11.4. The monoisotopic (exact) mass is 467 g/mol. The molecule has 0 saturated heterocycles. The van der Waals surface area contributed by atoms with Crippen LogP contribution < -0.4 is 15.7 Å². The molecule has 2 aromatic heterocycles. The lowest BCUT2D eigenvalue weighted by Gasteiger charge is -2.09. The standard InChI is InChI=1S/C28H25N3O4/c1-17-21-12-11-20(34-2)15-25(21)35-28(33)22(17)13-14-26(32)29-16-18-7-9-19(10-8-18)27-30-23-5-3-4-6-24(23)31-27/h3-12,15H,13-14,16H2,1-2H3,(H,29,32)(H,30,31). The van der Waals surface area contributed by atoms with Gasteiger partial charge >= 0.3 is 5.63 Å². The van der Waals surface area contributed by atoms with Gasteiger partial charge in [0.25, 0.3) is 0 Å². The van der Waals surface area contributed by atoms with Gasteiger partial charge in [0.1, 0.15) is 17.2 Å². The first-order valence-corrected chi connectivity index (χ1v) is 11.4. The molecule has 2 N–H and O–H groups in total. The number of H-pyrrole nitrogens is 1. The van der Waals surface area contributed by atoms with Crippen LogP contribution in [-0.2, 0) is 17.8 Å². The molecule has 0 unspecified atom stereocenters. The molecule has 1 amide bonds. The van der Waals surface area contributed by atoms with Crippen molar-refractivity contribution in [2.24, 2.45) is 0 Å². The summed E-state index contributed by atoms with van der Waals surface area (Å²) in [4.78, 5) is 32.9. The van der Waals surface area contributed by atoms with E-state index in [1.807, 2.05) is 67.6 Å². The maximum atomic E-state index is 12.5. The molecule has 0 saturated carbocycles. The third-order valence-corrected chi connectivity index (χ3v) is 6.20. The fraction of sp³-hybridized carbons (Fsp3) is 0.179. The van der Waals surface area contributed by atoms with E-state index in [9.17, 15) is 9.59 Å². The van der Waals surface area contributed by atoms with Crippen molar-refractivity contribution in [1.82, 2.24) is 15.3 Å². The van der Waals surface area contributed by atoms with E-state index in [1.54, 1.807) is 13.2 Å². The van der Waals surface area contributed by atoms with Crippen LogP contribution >= 0.6 is 0 Å². The lowest BCUT2D eigenvalue weighted by Crippen LogP contribution is -2.24. The van der Waals surface area contributed by atoms with E-state index in [0.29, 0.717) is 29.9 Å². The van der Waals surface area contributed by atoms with Crippen LogP contribution in [0.5, 0.6) is 5.75 Å². The summed E-state index contributed by atoms with van der Waals surface area (Å²) in [5.41, 5.74) is 5.29. The number of imidazole rings is 1. The number of benzene rings is 3. The highest BCUT2D eigenvalue weighted by Crippen LogP contribution is 2.24. The summed E-state index contributed by atoms with van der Waals surface area (Å²) in [5, 5.41) is 3.77. The molecule has 0 fully saturated rings. The van der Waals surface area contributed by atoms with Crippen LogP contribution in [0.2, 0.25) is 0 Å². The Labute approximate surface area is 201 Å². The highest BCUT2D eigenvalue weighted by atomic mass is 16.5.